The molecule has 0 saturated heterocycles. The number of nitrogens with zero attached hydrogens (tertiary/aromatic N) is 1. The number of carbonyl (C=O) groups is 1. The highest BCUT2D eigenvalue weighted by Crippen LogP contribution is 2.28. The number of hydrogen-bond donors (Lipinski definition) is 4. The zero-order chi connectivity index (χ0) is 30.1. The topological polar surface area (TPSA) is 204 Å². The van der Waals surface area contributed by atoms with E-state index in [2.05, 4.69) is 5.32 Å². The van der Waals surface area contributed by atoms with Crippen LogP contribution in [0.1, 0.15) is 35.7 Å². The number of allylic oxidation sites excluding steroid dienone is 1. The summed E-state index contributed by atoms with van der Waals surface area (Å²) in [7, 11) is -13.4. The molecule has 0 spiro atoms. The highest BCUT2D eigenvalue weighted by atomic mass is 32.2. The van der Waals surface area contributed by atoms with Crippen LogP contribution in [0.25, 0.3) is 0 Å². The van der Waals surface area contributed by atoms with Gasteiger partial charge in [0.15, 0.2) is 5.71 Å². The molecule has 0 aliphatic carbocycles. The van der Waals surface area contributed by atoms with Gasteiger partial charge in [-0.2, -0.15) is 29.8 Å². The molecule has 40 heavy (non-hydrogen) atoms. The molecule has 0 aliphatic heterocycles. The Morgan fingerprint density at radius 3 is 2.12 bits per heavy atom. The molecule has 0 aromatic heterocycles. The van der Waals surface area contributed by atoms with E-state index in [0.717, 1.165) is 17.8 Å². The fraction of sp³-hybridized carbons (Fsp3) is 0.333. The molecular formula is C24H31N2O11S3+. The van der Waals surface area contributed by atoms with E-state index in [0.29, 0.717) is 5.71 Å². The third-order valence-corrected chi connectivity index (χ3v) is 7.94. The number of nitrogens with one attached hydrogen (secondary N) is 1. The van der Waals surface area contributed by atoms with Crippen molar-refractivity contribution in [1.82, 2.24) is 0 Å². The van der Waals surface area contributed by atoms with E-state index in [4.69, 9.17) is 9.29 Å². The van der Waals surface area contributed by atoms with Crippen LogP contribution in [-0.4, -0.2) is 79.8 Å². The lowest BCUT2D eigenvalue weighted by molar-refractivity contribution is -0.440. The van der Waals surface area contributed by atoms with Gasteiger partial charge in [0, 0.05) is 42.9 Å². The monoisotopic (exact) mass is 619 g/mol. The molecule has 16 heteroatoms. The van der Waals surface area contributed by atoms with Crippen molar-refractivity contribution in [1.29, 1.82) is 0 Å². The van der Waals surface area contributed by atoms with Crippen LogP contribution in [0.5, 0.6) is 0 Å². The van der Waals surface area contributed by atoms with Crippen LogP contribution in [0.3, 0.4) is 0 Å². The molecule has 0 radical (unpaired) electrons. The maximum atomic E-state index is 12.8. The van der Waals surface area contributed by atoms with Crippen molar-refractivity contribution in [3.63, 3.8) is 0 Å². The number of carbonyl (C=O) groups excluding carboxylic acids is 1. The fourth-order valence-corrected chi connectivity index (χ4v) is 5.08. The maximum absolute atomic E-state index is 12.8. The number of para-hydroxylation sites is 1. The van der Waals surface area contributed by atoms with Gasteiger partial charge >= 0.3 is 5.97 Å². The average molecular weight is 620 g/mol. The van der Waals surface area contributed by atoms with Gasteiger partial charge < -0.3 is 10.1 Å². The Morgan fingerprint density at radius 1 is 0.950 bits per heavy atom. The molecule has 0 amide bonds. The maximum Gasteiger partial charge on any atom is 0.338 e. The lowest BCUT2D eigenvalue weighted by Crippen LogP contribution is -2.20. The number of anilines is 1. The van der Waals surface area contributed by atoms with Gasteiger partial charge in [0.25, 0.3) is 30.4 Å². The SMILES string of the molecule is CC(/C=C/Nc1ccccc1)=[N+](/CCCS(=O)(=O)O)c1cc(S(=O)(=O)O)cc(C(=O)OCCCS(=O)(=O)O)c1C. The van der Waals surface area contributed by atoms with Crippen molar-refractivity contribution >= 4 is 53.4 Å². The summed E-state index contributed by atoms with van der Waals surface area (Å²) in [4.78, 5) is 12.2. The van der Waals surface area contributed by atoms with Crippen LogP contribution in [0.2, 0.25) is 0 Å². The Kier molecular flexibility index (Phi) is 11.5. The number of hydrogen-bond acceptors (Lipinski definition) is 9. The normalized spacial score (nSPS) is 13.2. The standard InChI is InChI=1S/C24H30N2O11S3/c1-18(10-11-25-20-8-4-3-5-9-20)26(12-6-14-38(28,29)30)23-17-21(40(34,35)36)16-22(19(23)2)24(27)37-13-7-15-39(31,32)33/h3-5,8-11,16-17H,6-7,12-15H2,1-2H3,(H3,28,29,30,31,32,33,34,35,36)/p+1. The van der Waals surface area contributed by atoms with Gasteiger partial charge in [0.2, 0.25) is 5.69 Å². The molecule has 2 aromatic carbocycles. The molecule has 0 unspecified atom stereocenters. The molecule has 0 atom stereocenters. The van der Waals surface area contributed by atoms with Crippen molar-refractivity contribution in [2.45, 2.75) is 31.6 Å². The Labute approximate surface area is 233 Å². The van der Waals surface area contributed by atoms with Crippen molar-refractivity contribution < 1.29 is 53.0 Å². The quantitative estimate of drug-likeness (QED) is 0.0792. The van der Waals surface area contributed by atoms with Gasteiger partial charge in [0.05, 0.1) is 23.7 Å². The summed E-state index contributed by atoms with van der Waals surface area (Å²) >= 11 is 0. The molecule has 0 aliphatic rings. The minimum Gasteiger partial charge on any atom is -0.462 e. The van der Waals surface area contributed by atoms with E-state index < -0.39 is 59.3 Å². The highest BCUT2D eigenvalue weighted by Gasteiger charge is 2.27. The average Bonchev–Trinajstić information content (AvgIpc) is 2.83. The second-order valence-corrected chi connectivity index (χ2v) is 13.2. The predicted molar refractivity (Wildman–Crippen MR) is 148 cm³/mol. The number of esters is 1. The van der Waals surface area contributed by atoms with E-state index >= 15 is 0 Å². The summed E-state index contributed by atoms with van der Waals surface area (Å²) in [6, 6.07) is 11.1. The van der Waals surface area contributed by atoms with Crippen LogP contribution < -0.4 is 5.32 Å². The molecule has 2 aromatic rings. The van der Waals surface area contributed by atoms with Crippen LogP contribution in [-0.2, 0) is 35.1 Å². The minimum atomic E-state index is -4.82. The molecule has 0 fully saturated rings. The summed E-state index contributed by atoms with van der Waals surface area (Å²) in [5, 5.41) is 3.05. The Hall–Kier alpha value is -3.15. The van der Waals surface area contributed by atoms with Gasteiger partial charge in [-0.15, -0.1) is 0 Å². The summed E-state index contributed by atoms with van der Waals surface area (Å²) in [6.07, 6.45) is 2.91. The van der Waals surface area contributed by atoms with Crippen LogP contribution in [0, 0.1) is 6.92 Å². The fourth-order valence-electron chi connectivity index (χ4n) is 3.57. The largest absolute Gasteiger partial charge is 0.462 e. The van der Waals surface area contributed by atoms with Gasteiger partial charge in [-0.3, -0.25) is 13.7 Å². The van der Waals surface area contributed by atoms with Crippen molar-refractivity contribution in [3.8, 4) is 0 Å². The molecule has 220 valence electrons. The number of rotatable bonds is 14. The third kappa shape index (κ3) is 11.1. The zero-order valence-corrected chi connectivity index (χ0v) is 24.2. The Balaban J connectivity index is 2.56. The predicted octanol–water partition coefficient (Wildman–Crippen LogP) is 2.69. The summed E-state index contributed by atoms with van der Waals surface area (Å²) in [5.41, 5.74) is 1.32. The molecular weight excluding hydrogens is 588 g/mol. The van der Waals surface area contributed by atoms with Crippen molar-refractivity contribution in [2.75, 3.05) is 30.0 Å². The van der Waals surface area contributed by atoms with E-state index in [1.165, 1.54) is 11.5 Å². The Bertz CT molecular complexity index is 1600. The first-order valence-corrected chi connectivity index (χ1v) is 16.4. The summed E-state index contributed by atoms with van der Waals surface area (Å²) in [5.74, 6) is -2.27. The van der Waals surface area contributed by atoms with E-state index in [9.17, 15) is 39.2 Å². The lowest BCUT2D eigenvalue weighted by atomic mass is 10.1. The summed E-state index contributed by atoms with van der Waals surface area (Å²) < 4.78 is 103. The van der Waals surface area contributed by atoms with Crippen molar-refractivity contribution in [3.05, 3.63) is 65.9 Å². The second-order valence-electron chi connectivity index (χ2n) is 8.64. The van der Waals surface area contributed by atoms with Gasteiger partial charge in [-0.1, -0.05) is 18.2 Å². The summed E-state index contributed by atoms with van der Waals surface area (Å²) in [6.45, 7) is 2.68. The van der Waals surface area contributed by atoms with E-state index in [-0.39, 0.29) is 36.2 Å². The molecule has 0 bridgehead atoms. The molecule has 2 rings (SSSR count). The Morgan fingerprint density at radius 2 is 1.55 bits per heavy atom. The molecule has 0 saturated carbocycles. The van der Waals surface area contributed by atoms with Crippen LogP contribution >= 0.6 is 0 Å². The molecule has 13 nitrogen and oxygen atoms in total. The highest BCUT2D eigenvalue weighted by molar-refractivity contribution is 7.86. The van der Waals surface area contributed by atoms with Gasteiger partial charge in [-0.05, 0) is 31.5 Å². The van der Waals surface area contributed by atoms with Gasteiger partial charge in [-0.25, -0.2) is 4.79 Å². The first-order valence-electron chi connectivity index (χ1n) is 11.8. The third-order valence-electron chi connectivity index (χ3n) is 5.50. The first-order chi connectivity index (χ1) is 18.5. The number of ether oxygens (including phenoxy) is 1. The smallest absolute Gasteiger partial charge is 0.338 e. The van der Waals surface area contributed by atoms with Gasteiger partial charge in [0.1, 0.15) is 11.4 Å². The molecule has 0 heterocycles. The second kappa shape index (κ2) is 14.0. The minimum absolute atomic E-state index is 0.0417. The van der Waals surface area contributed by atoms with E-state index in [1.807, 2.05) is 30.3 Å². The lowest BCUT2D eigenvalue weighted by Gasteiger charge is -2.13. The van der Waals surface area contributed by atoms with Crippen LogP contribution in [0.15, 0.2) is 59.6 Å². The molecule has 4 N–H and O–H groups in total. The van der Waals surface area contributed by atoms with E-state index in [1.54, 1.807) is 19.2 Å². The number of benzene rings is 2. The first kappa shape index (κ1) is 33.1. The zero-order valence-electron chi connectivity index (χ0n) is 21.7. The van der Waals surface area contributed by atoms with Crippen LogP contribution in [0.4, 0.5) is 11.4 Å². The van der Waals surface area contributed by atoms with Crippen molar-refractivity contribution in [2.24, 2.45) is 0 Å².